The van der Waals surface area contributed by atoms with Crippen LogP contribution in [0.2, 0.25) is 0 Å². The van der Waals surface area contributed by atoms with Gasteiger partial charge in [0.2, 0.25) is 0 Å². The highest BCUT2D eigenvalue weighted by Crippen LogP contribution is 2.26. The van der Waals surface area contributed by atoms with Gasteiger partial charge in [0.15, 0.2) is 12.1 Å². The first-order chi connectivity index (χ1) is 13.2. The van der Waals surface area contributed by atoms with Gasteiger partial charge in [0.25, 0.3) is 0 Å². The molecule has 1 heterocycles. The third kappa shape index (κ3) is 2.89. The Morgan fingerprint density at radius 2 is 1.70 bits per heavy atom. The van der Waals surface area contributed by atoms with Crippen LogP contribution in [0, 0.1) is 0 Å². The Morgan fingerprint density at radius 3 is 2.52 bits per heavy atom. The SMILES string of the molecule is C=Cc1ccc(-n2cccc2C=O)c(C(=O)c2cccc3ccccc23)c1. The molecule has 0 spiro atoms. The van der Waals surface area contributed by atoms with Crippen LogP contribution < -0.4 is 0 Å². The predicted molar refractivity (Wildman–Crippen MR) is 109 cm³/mol. The fourth-order valence-electron chi connectivity index (χ4n) is 3.35. The van der Waals surface area contributed by atoms with E-state index in [4.69, 9.17) is 0 Å². The predicted octanol–water partition coefficient (Wildman–Crippen LogP) is 5.32. The summed E-state index contributed by atoms with van der Waals surface area (Å²) in [7, 11) is 0. The van der Waals surface area contributed by atoms with E-state index in [0.29, 0.717) is 22.5 Å². The second-order valence-electron chi connectivity index (χ2n) is 6.26. The second kappa shape index (κ2) is 6.89. The van der Waals surface area contributed by atoms with Gasteiger partial charge in [-0.15, -0.1) is 0 Å². The molecule has 0 saturated carbocycles. The van der Waals surface area contributed by atoms with Gasteiger partial charge in [-0.25, -0.2) is 0 Å². The van der Waals surface area contributed by atoms with Crippen molar-refractivity contribution in [3.05, 3.63) is 108 Å². The maximum Gasteiger partial charge on any atom is 0.195 e. The molecule has 0 aliphatic rings. The summed E-state index contributed by atoms with van der Waals surface area (Å²) >= 11 is 0. The molecule has 0 amide bonds. The minimum atomic E-state index is -0.0870. The van der Waals surface area contributed by atoms with E-state index >= 15 is 0 Å². The van der Waals surface area contributed by atoms with Crippen molar-refractivity contribution in [3.63, 3.8) is 0 Å². The van der Waals surface area contributed by atoms with Crippen molar-refractivity contribution < 1.29 is 9.59 Å². The van der Waals surface area contributed by atoms with Crippen LogP contribution in [0.1, 0.15) is 32.0 Å². The van der Waals surface area contributed by atoms with Gasteiger partial charge in [0.05, 0.1) is 11.4 Å². The molecular formula is C24H17NO2. The molecule has 1 aromatic heterocycles. The van der Waals surface area contributed by atoms with Gasteiger partial charge in [-0.2, -0.15) is 0 Å². The molecule has 27 heavy (non-hydrogen) atoms. The lowest BCUT2D eigenvalue weighted by Gasteiger charge is -2.14. The molecule has 3 heteroatoms. The van der Waals surface area contributed by atoms with Crippen LogP contribution in [0.4, 0.5) is 0 Å². The molecule has 0 aliphatic heterocycles. The van der Waals surface area contributed by atoms with E-state index < -0.39 is 0 Å². The summed E-state index contributed by atoms with van der Waals surface area (Å²) in [6.45, 7) is 3.81. The van der Waals surface area contributed by atoms with Crippen LogP contribution in [-0.4, -0.2) is 16.6 Å². The number of carbonyl (C=O) groups excluding carboxylic acids is 2. The second-order valence-corrected chi connectivity index (χ2v) is 6.26. The van der Waals surface area contributed by atoms with Crippen molar-refractivity contribution in [1.82, 2.24) is 4.57 Å². The highest BCUT2D eigenvalue weighted by molar-refractivity contribution is 6.18. The third-order valence-electron chi connectivity index (χ3n) is 4.70. The fourth-order valence-corrected chi connectivity index (χ4v) is 3.35. The summed E-state index contributed by atoms with van der Waals surface area (Å²) in [5, 5.41) is 1.92. The van der Waals surface area contributed by atoms with Gasteiger partial charge in [-0.1, -0.05) is 61.2 Å². The topological polar surface area (TPSA) is 39.1 Å². The number of hydrogen-bond acceptors (Lipinski definition) is 2. The Kier molecular flexibility index (Phi) is 4.27. The summed E-state index contributed by atoms with van der Waals surface area (Å²) in [6, 6.07) is 22.6. The van der Waals surface area contributed by atoms with Crippen molar-refractivity contribution in [3.8, 4) is 5.69 Å². The quantitative estimate of drug-likeness (QED) is 0.361. The Morgan fingerprint density at radius 1 is 0.889 bits per heavy atom. The highest BCUT2D eigenvalue weighted by atomic mass is 16.1. The first-order valence-electron chi connectivity index (χ1n) is 8.65. The molecule has 130 valence electrons. The number of ketones is 1. The molecule has 3 aromatic carbocycles. The fraction of sp³-hybridized carbons (Fsp3) is 0. The summed E-state index contributed by atoms with van der Waals surface area (Å²) in [6.07, 6.45) is 4.28. The minimum absolute atomic E-state index is 0.0870. The van der Waals surface area contributed by atoms with Gasteiger partial charge in [0, 0.05) is 17.3 Å². The van der Waals surface area contributed by atoms with Crippen LogP contribution in [-0.2, 0) is 0 Å². The van der Waals surface area contributed by atoms with E-state index in [1.807, 2.05) is 60.7 Å². The van der Waals surface area contributed by atoms with Crippen LogP contribution in [0.15, 0.2) is 85.6 Å². The van der Waals surface area contributed by atoms with E-state index in [-0.39, 0.29) is 5.78 Å². The number of carbonyl (C=O) groups is 2. The lowest BCUT2D eigenvalue weighted by molar-refractivity contribution is 0.103. The number of aromatic nitrogens is 1. The van der Waals surface area contributed by atoms with Crippen molar-refractivity contribution >= 4 is 28.9 Å². The van der Waals surface area contributed by atoms with Crippen LogP contribution in [0.3, 0.4) is 0 Å². The van der Waals surface area contributed by atoms with Crippen molar-refractivity contribution in [2.24, 2.45) is 0 Å². The highest BCUT2D eigenvalue weighted by Gasteiger charge is 2.18. The van der Waals surface area contributed by atoms with E-state index in [0.717, 1.165) is 22.6 Å². The zero-order chi connectivity index (χ0) is 18.8. The molecule has 0 aliphatic carbocycles. The zero-order valence-electron chi connectivity index (χ0n) is 14.6. The number of nitrogens with zero attached hydrogens (tertiary/aromatic N) is 1. The smallest absolute Gasteiger partial charge is 0.195 e. The molecule has 0 atom stereocenters. The van der Waals surface area contributed by atoms with Crippen molar-refractivity contribution in [2.45, 2.75) is 0 Å². The van der Waals surface area contributed by atoms with Gasteiger partial charge in [-0.3, -0.25) is 9.59 Å². The van der Waals surface area contributed by atoms with Crippen LogP contribution >= 0.6 is 0 Å². The number of fused-ring (bicyclic) bond motifs is 1. The Hall–Kier alpha value is -3.72. The summed E-state index contributed by atoms with van der Waals surface area (Å²) < 4.78 is 1.73. The molecule has 0 radical (unpaired) electrons. The number of rotatable bonds is 5. The molecule has 0 bridgehead atoms. The zero-order valence-corrected chi connectivity index (χ0v) is 14.6. The monoisotopic (exact) mass is 351 g/mol. The number of hydrogen-bond donors (Lipinski definition) is 0. The average molecular weight is 351 g/mol. The summed E-state index contributed by atoms with van der Waals surface area (Å²) in [4.78, 5) is 24.9. The van der Waals surface area contributed by atoms with E-state index in [1.54, 1.807) is 29.0 Å². The average Bonchev–Trinajstić information content (AvgIpc) is 3.21. The molecule has 4 rings (SSSR count). The lowest BCUT2D eigenvalue weighted by atomic mass is 9.95. The summed E-state index contributed by atoms with van der Waals surface area (Å²) in [5.41, 5.74) is 3.18. The largest absolute Gasteiger partial charge is 0.313 e. The van der Waals surface area contributed by atoms with Gasteiger partial charge in [-0.05, 0) is 40.6 Å². The molecule has 0 saturated heterocycles. The molecule has 4 aromatic rings. The minimum Gasteiger partial charge on any atom is -0.313 e. The van der Waals surface area contributed by atoms with Crippen LogP contribution in [0.5, 0.6) is 0 Å². The third-order valence-corrected chi connectivity index (χ3v) is 4.70. The number of aldehydes is 1. The first-order valence-corrected chi connectivity index (χ1v) is 8.65. The maximum absolute atomic E-state index is 13.5. The Bertz CT molecular complexity index is 1180. The van der Waals surface area contributed by atoms with E-state index in [1.165, 1.54) is 0 Å². The van der Waals surface area contributed by atoms with Gasteiger partial charge in [0.1, 0.15) is 0 Å². The molecule has 0 unspecified atom stereocenters. The Balaban J connectivity index is 1.96. The molecular weight excluding hydrogens is 334 g/mol. The van der Waals surface area contributed by atoms with Gasteiger partial charge < -0.3 is 4.57 Å². The summed E-state index contributed by atoms with van der Waals surface area (Å²) in [5.74, 6) is -0.0870. The molecule has 0 N–H and O–H groups in total. The molecule has 0 fully saturated rings. The van der Waals surface area contributed by atoms with Crippen molar-refractivity contribution in [2.75, 3.05) is 0 Å². The first kappa shape index (κ1) is 16.7. The van der Waals surface area contributed by atoms with Crippen molar-refractivity contribution in [1.29, 1.82) is 0 Å². The normalized spacial score (nSPS) is 10.7. The number of benzene rings is 3. The van der Waals surface area contributed by atoms with E-state index in [2.05, 4.69) is 6.58 Å². The Labute approximate surface area is 157 Å². The van der Waals surface area contributed by atoms with Gasteiger partial charge >= 0.3 is 0 Å². The lowest BCUT2D eigenvalue weighted by Crippen LogP contribution is -2.09. The van der Waals surface area contributed by atoms with Crippen LogP contribution in [0.25, 0.3) is 22.5 Å². The van der Waals surface area contributed by atoms with E-state index in [9.17, 15) is 9.59 Å². The maximum atomic E-state index is 13.5. The molecule has 3 nitrogen and oxygen atoms in total. The standard InChI is InChI=1S/C24H17NO2/c1-2-17-12-13-23(25-14-6-9-19(25)16-26)22(15-17)24(27)21-11-5-8-18-7-3-4-10-20(18)21/h2-16H,1H2.